The molecule has 1 aromatic carbocycles. The van der Waals surface area contributed by atoms with Gasteiger partial charge in [-0.3, -0.25) is 4.79 Å². The minimum atomic E-state index is -0.190. The van der Waals surface area contributed by atoms with Gasteiger partial charge in [-0.15, -0.1) is 0 Å². The minimum Gasteiger partial charge on any atom is -0.496 e. The number of rotatable bonds is 7. The molecule has 0 bridgehead atoms. The Morgan fingerprint density at radius 2 is 2.05 bits per heavy atom. The highest BCUT2D eigenvalue weighted by Gasteiger charge is 2.08. The standard InChI is InChI=1S/C15H23NO3/c1-11(2)13-9-12(5-6-14(13)18-3)10-16-8-7-15(17)19-4/h5-6,9,11,16H,7-8,10H2,1-4H3. The molecule has 0 fully saturated rings. The molecule has 0 aromatic heterocycles. The van der Waals surface area contributed by atoms with Crippen molar-refractivity contribution in [2.75, 3.05) is 20.8 Å². The van der Waals surface area contributed by atoms with Gasteiger partial charge in [0.2, 0.25) is 0 Å². The van der Waals surface area contributed by atoms with Gasteiger partial charge in [0, 0.05) is 13.1 Å². The Bertz CT molecular complexity index is 416. The molecule has 0 amide bonds. The fourth-order valence-electron chi connectivity index (χ4n) is 1.87. The zero-order valence-electron chi connectivity index (χ0n) is 12.2. The van der Waals surface area contributed by atoms with Crippen LogP contribution in [-0.4, -0.2) is 26.7 Å². The van der Waals surface area contributed by atoms with Crippen molar-refractivity contribution in [1.82, 2.24) is 5.32 Å². The monoisotopic (exact) mass is 265 g/mol. The third kappa shape index (κ3) is 4.91. The van der Waals surface area contributed by atoms with Gasteiger partial charge in [0.1, 0.15) is 5.75 Å². The van der Waals surface area contributed by atoms with Gasteiger partial charge in [-0.25, -0.2) is 0 Å². The van der Waals surface area contributed by atoms with Crippen molar-refractivity contribution in [2.45, 2.75) is 32.7 Å². The van der Waals surface area contributed by atoms with Crippen molar-refractivity contribution in [3.63, 3.8) is 0 Å². The first kappa shape index (κ1) is 15.5. The summed E-state index contributed by atoms with van der Waals surface area (Å²) in [5.41, 5.74) is 2.39. The van der Waals surface area contributed by atoms with E-state index in [0.29, 0.717) is 18.9 Å². The van der Waals surface area contributed by atoms with Gasteiger partial charge in [0.25, 0.3) is 0 Å². The minimum absolute atomic E-state index is 0.190. The van der Waals surface area contributed by atoms with E-state index in [1.807, 2.05) is 12.1 Å². The van der Waals surface area contributed by atoms with Crippen LogP contribution in [0.3, 0.4) is 0 Å². The highest BCUT2D eigenvalue weighted by molar-refractivity contribution is 5.69. The lowest BCUT2D eigenvalue weighted by atomic mass is 9.99. The van der Waals surface area contributed by atoms with Crippen LogP contribution in [0.5, 0.6) is 5.75 Å². The molecule has 106 valence electrons. The number of ether oxygens (including phenoxy) is 2. The summed E-state index contributed by atoms with van der Waals surface area (Å²) in [6, 6.07) is 6.18. The van der Waals surface area contributed by atoms with E-state index < -0.39 is 0 Å². The third-order valence-corrected chi connectivity index (χ3v) is 2.98. The molecule has 4 heteroatoms. The number of carbonyl (C=O) groups excluding carboxylic acids is 1. The van der Waals surface area contributed by atoms with E-state index in [1.54, 1.807) is 7.11 Å². The summed E-state index contributed by atoms with van der Waals surface area (Å²) < 4.78 is 9.94. The number of benzene rings is 1. The molecule has 1 N–H and O–H groups in total. The maximum atomic E-state index is 11.0. The molecule has 0 unspecified atom stereocenters. The third-order valence-electron chi connectivity index (χ3n) is 2.98. The fraction of sp³-hybridized carbons (Fsp3) is 0.533. The number of hydrogen-bond donors (Lipinski definition) is 1. The Hall–Kier alpha value is -1.55. The molecule has 0 atom stereocenters. The van der Waals surface area contributed by atoms with E-state index in [4.69, 9.17) is 4.74 Å². The second kappa shape index (κ2) is 7.79. The summed E-state index contributed by atoms with van der Waals surface area (Å²) in [6.45, 7) is 5.65. The molecule has 1 rings (SSSR count). The number of hydrogen-bond acceptors (Lipinski definition) is 4. The average Bonchev–Trinajstić information content (AvgIpc) is 2.42. The van der Waals surface area contributed by atoms with Crippen LogP contribution in [0, 0.1) is 0 Å². The normalized spacial score (nSPS) is 10.6. The van der Waals surface area contributed by atoms with Crippen LogP contribution in [0.2, 0.25) is 0 Å². The van der Waals surface area contributed by atoms with Crippen molar-refractivity contribution in [2.24, 2.45) is 0 Å². The molecule has 0 radical (unpaired) electrons. The van der Waals surface area contributed by atoms with E-state index in [9.17, 15) is 4.79 Å². The maximum absolute atomic E-state index is 11.0. The van der Waals surface area contributed by atoms with E-state index in [-0.39, 0.29) is 5.97 Å². The second-order valence-corrected chi connectivity index (χ2v) is 4.73. The lowest BCUT2D eigenvalue weighted by molar-refractivity contribution is -0.140. The Balaban J connectivity index is 2.55. The molecular weight excluding hydrogens is 242 g/mol. The van der Waals surface area contributed by atoms with Crippen molar-refractivity contribution >= 4 is 5.97 Å². The van der Waals surface area contributed by atoms with Gasteiger partial charge in [0.15, 0.2) is 0 Å². The first-order chi connectivity index (χ1) is 9.08. The van der Waals surface area contributed by atoms with E-state index in [0.717, 1.165) is 12.3 Å². The van der Waals surface area contributed by atoms with Gasteiger partial charge >= 0.3 is 5.97 Å². The lowest BCUT2D eigenvalue weighted by Gasteiger charge is -2.14. The van der Waals surface area contributed by atoms with E-state index >= 15 is 0 Å². The summed E-state index contributed by atoms with van der Waals surface area (Å²) in [5.74, 6) is 1.16. The predicted molar refractivity (Wildman–Crippen MR) is 75.4 cm³/mol. The second-order valence-electron chi connectivity index (χ2n) is 4.73. The molecule has 1 aromatic rings. The van der Waals surface area contributed by atoms with Gasteiger partial charge < -0.3 is 14.8 Å². The van der Waals surface area contributed by atoms with Crippen LogP contribution in [0.25, 0.3) is 0 Å². The molecule has 0 saturated heterocycles. The first-order valence-electron chi connectivity index (χ1n) is 6.52. The van der Waals surface area contributed by atoms with Crippen LogP contribution in [-0.2, 0) is 16.1 Å². The van der Waals surface area contributed by atoms with E-state index in [2.05, 4.69) is 30.0 Å². The Kier molecular flexibility index (Phi) is 6.36. The van der Waals surface area contributed by atoms with Crippen LogP contribution in [0.15, 0.2) is 18.2 Å². The molecule has 0 aliphatic carbocycles. The molecule has 0 spiro atoms. The predicted octanol–water partition coefficient (Wildman–Crippen LogP) is 2.47. The zero-order valence-corrected chi connectivity index (χ0v) is 12.2. The quantitative estimate of drug-likeness (QED) is 0.608. The molecule has 0 aliphatic heterocycles. The van der Waals surface area contributed by atoms with Crippen LogP contribution in [0.1, 0.15) is 37.3 Å². The van der Waals surface area contributed by atoms with Crippen LogP contribution >= 0.6 is 0 Å². The largest absolute Gasteiger partial charge is 0.496 e. The van der Waals surface area contributed by atoms with Gasteiger partial charge in [-0.2, -0.15) is 0 Å². The van der Waals surface area contributed by atoms with Crippen molar-refractivity contribution in [3.8, 4) is 5.75 Å². The van der Waals surface area contributed by atoms with E-state index in [1.165, 1.54) is 18.2 Å². The Morgan fingerprint density at radius 3 is 2.63 bits per heavy atom. The Morgan fingerprint density at radius 1 is 1.32 bits per heavy atom. The molecule has 19 heavy (non-hydrogen) atoms. The topological polar surface area (TPSA) is 47.6 Å². The average molecular weight is 265 g/mol. The van der Waals surface area contributed by atoms with Crippen molar-refractivity contribution in [3.05, 3.63) is 29.3 Å². The SMILES string of the molecule is COC(=O)CCNCc1ccc(OC)c(C(C)C)c1. The summed E-state index contributed by atoms with van der Waals surface area (Å²) in [7, 11) is 3.09. The zero-order chi connectivity index (χ0) is 14.3. The molecule has 0 saturated carbocycles. The number of esters is 1. The summed E-state index contributed by atoms with van der Waals surface area (Å²) in [5, 5.41) is 3.23. The summed E-state index contributed by atoms with van der Waals surface area (Å²) in [4.78, 5) is 11.0. The Labute approximate surface area is 115 Å². The maximum Gasteiger partial charge on any atom is 0.306 e. The van der Waals surface area contributed by atoms with Gasteiger partial charge in [-0.05, 0) is 23.1 Å². The summed E-state index contributed by atoms with van der Waals surface area (Å²) in [6.07, 6.45) is 0.393. The molecular formula is C15H23NO3. The molecule has 4 nitrogen and oxygen atoms in total. The highest BCUT2D eigenvalue weighted by atomic mass is 16.5. The van der Waals surface area contributed by atoms with Crippen molar-refractivity contribution < 1.29 is 14.3 Å². The smallest absolute Gasteiger partial charge is 0.306 e. The summed E-state index contributed by atoms with van der Waals surface area (Å²) >= 11 is 0. The number of nitrogens with one attached hydrogen (secondary N) is 1. The number of methoxy groups -OCH3 is 2. The van der Waals surface area contributed by atoms with Gasteiger partial charge in [-0.1, -0.05) is 26.0 Å². The van der Waals surface area contributed by atoms with Crippen LogP contribution < -0.4 is 10.1 Å². The molecule has 0 aliphatic rings. The number of carbonyl (C=O) groups is 1. The van der Waals surface area contributed by atoms with Crippen molar-refractivity contribution in [1.29, 1.82) is 0 Å². The van der Waals surface area contributed by atoms with Crippen LogP contribution in [0.4, 0.5) is 0 Å². The first-order valence-corrected chi connectivity index (χ1v) is 6.52. The molecule has 0 heterocycles. The highest BCUT2D eigenvalue weighted by Crippen LogP contribution is 2.27. The lowest BCUT2D eigenvalue weighted by Crippen LogP contribution is -2.18. The van der Waals surface area contributed by atoms with Gasteiger partial charge in [0.05, 0.1) is 20.6 Å². The fourth-order valence-corrected chi connectivity index (χ4v) is 1.87.